The normalized spacial score (nSPS) is 20.5. The number of ether oxygens (including phenoxy) is 1. The molecule has 4 heterocycles. The Morgan fingerprint density at radius 3 is 2.93 bits per heavy atom. The Hall–Kier alpha value is -3.43. The van der Waals surface area contributed by atoms with E-state index in [9.17, 15) is 9.59 Å². The zero-order valence-electron chi connectivity index (χ0n) is 16.9. The number of rotatable bonds is 4. The Bertz CT molecular complexity index is 1130. The Labute approximate surface area is 172 Å². The predicted molar refractivity (Wildman–Crippen MR) is 108 cm³/mol. The first kappa shape index (κ1) is 18.6. The third-order valence-electron chi connectivity index (χ3n) is 6.10. The van der Waals surface area contributed by atoms with Crippen LogP contribution >= 0.6 is 0 Å². The molecule has 0 saturated heterocycles. The standard InChI is InChI=1S/C20H23N7O3/c1-26-15-4-6-27(18-13-3-5-21-17(13)22-10-23-18)9-14(15)16(25-26)19(28)24-12-7-11(8-12)20(29)30-2/h3,5,10-12H,4,6-9H2,1-2H3,(H,24,28)(H,21,22,23)/t11-,12-. The highest BCUT2D eigenvalue weighted by Crippen LogP contribution is 2.31. The number of aromatic nitrogens is 5. The maximum absolute atomic E-state index is 12.9. The summed E-state index contributed by atoms with van der Waals surface area (Å²) < 4.78 is 6.56. The monoisotopic (exact) mass is 409 g/mol. The highest BCUT2D eigenvalue weighted by atomic mass is 16.5. The van der Waals surface area contributed by atoms with Crippen molar-refractivity contribution in [2.75, 3.05) is 18.6 Å². The summed E-state index contributed by atoms with van der Waals surface area (Å²) in [6.45, 7) is 1.34. The number of nitrogens with zero attached hydrogens (tertiary/aromatic N) is 5. The lowest BCUT2D eigenvalue weighted by molar-refractivity contribution is -0.149. The third kappa shape index (κ3) is 2.99. The molecule has 0 aromatic carbocycles. The quantitative estimate of drug-likeness (QED) is 0.616. The number of amides is 1. The minimum absolute atomic E-state index is 0.0275. The van der Waals surface area contributed by atoms with Gasteiger partial charge in [0.25, 0.3) is 5.91 Å². The van der Waals surface area contributed by atoms with Gasteiger partial charge in [0.1, 0.15) is 17.8 Å². The van der Waals surface area contributed by atoms with E-state index in [4.69, 9.17) is 4.74 Å². The molecule has 156 valence electrons. The number of nitrogens with one attached hydrogen (secondary N) is 2. The number of carbonyl (C=O) groups excluding carboxylic acids is 2. The number of H-pyrrole nitrogens is 1. The summed E-state index contributed by atoms with van der Waals surface area (Å²) in [6.07, 6.45) is 5.38. The summed E-state index contributed by atoms with van der Waals surface area (Å²) in [5.41, 5.74) is 3.22. The zero-order valence-corrected chi connectivity index (χ0v) is 16.9. The molecule has 1 aliphatic heterocycles. The van der Waals surface area contributed by atoms with Gasteiger partial charge in [0.05, 0.1) is 18.4 Å². The minimum Gasteiger partial charge on any atom is -0.469 e. The van der Waals surface area contributed by atoms with Crippen LogP contribution in [0.4, 0.5) is 5.82 Å². The van der Waals surface area contributed by atoms with Crippen LogP contribution in [0, 0.1) is 5.92 Å². The fourth-order valence-corrected chi connectivity index (χ4v) is 4.41. The van der Waals surface area contributed by atoms with E-state index < -0.39 is 0 Å². The number of hydrogen-bond acceptors (Lipinski definition) is 7. The average molecular weight is 409 g/mol. The highest BCUT2D eigenvalue weighted by molar-refractivity contribution is 5.95. The van der Waals surface area contributed by atoms with E-state index in [-0.39, 0.29) is 23.8 Å². The summed E-state index contributed by atoms with van der Waals surface area (Å²) in [5.74, 6) is 0.306. The van der Waals surface area contributed by atoms with Crippen molar-refractivity contribution in [2.24, 2.45) is 13.0 Å². The first-order valence-corrected chi connectivity index (χ1v) is 10.0. The lowest BCUT2D eigenvalue weighted by atomic mass is 9.80. The van der Waals surface area contributed by atoms with E-state index in [1.807, 2.05) is 19.3 Å². The molecule has 0 radical (unpaired) electrons. The Morgan fingerprint density at radius 2 is 2.13 bits per heavy atom. The van der Waals surface area contributed by atoms with Gasteiger partial charge in [0.15, 0.2) is 5.69 Å². The molecule has 1 amide bonds. The second-order valence-corrected chi connectivity index (χ2v) is 7.87. The number of esters is 1. The van der Waals surface area contributed by atoms with E-state index in [1.165, 1.54) is 7.11 Å². The summed E-state index contributed by atoms with van der Waals surface area (Å²) in [7, 11) is 3.26. The average Bonchev–Trinajstić information content (AvgIpc) is 3.34. The van der Waals surface area contributed by atoms with Gasteiger partial charge in [-0.3, -0.25) is 14.3 Å². The van der Waals surface area contributed by atoms with Crippen LogP contribution in [0.25, 0.3) is 11.0 Å². The maximum atomic E-state index is 12.9. The Balaban J connectivity index is 1.35. The SMILES string of the molecule is COC(=O)[C@H]1C[C@H](NC(=O)c2nn(C)c3c2CN(c2ncnc4[nH]ccc24)CC3)C1. The molecule has 5 rings (SSSR count). The van der Waals surface area contributed by atoms with Gasteiger partial charge in [0.2, 0.25) is 0 Å². The molecule has 0 atom stereocenters. The molecule has 30 heavy (non-hydrogen) atoms. The molecule has 2 aliphatic rings. The zero-order chi connectivity index (χ0) is 20.8. The molecule has 1 saturated carbocycles. The van der Waals surface area contributed by atoms with Crippen LogP contribution in [-0.4, -0.2) is 56.3 Å². The molecule has 0 spiro atoms. The molecule has 10 heteroatoms. The lowest BCUT2D eigenvalue weighted by Gasteiger charge is -2.33. The van der Waals surface area contributed by atoms with Gasteiger partial charge in [-0.25, -0.2) is 9.97 Å². The van der Waals surface area contributed by atoms with Crippen molar-refractivity contribution in [1.29, 1.82) is 0 Å². The fraction of sp³-hybridized carbons (Fsp3) is 0.450. The van der Waals surface area contributed by atoms with Gasteiger partial charge in [-0.1, -0.05) is 0 Å². The van der Waals surface area contributed by atoms with Gasteiger partial charge in [0, 0.05) is 50.1 Å². The lowest BCUT2D eigenvalue weighted by Crippen LogP contribution is -2.47. The third-order valence-corrected chi connectivity index (χ3v) is 6.10. The van der Waals surface area contributed by atoms with Crippen LogP contribution in [0.1, 0.15) is 34.6 Å². The highest BCUT2D eigenvalue weighted by Gasteiger charge is 2.37. The first-order chi connectivity index (χ1) is 14.5. The van der Waals surface area contributed by atoms with Crippen molar-refractivity contribution < 1.29 is 14.3 Å². The van der Waals surface area contributed by atoms with Crippen LogP contribution < -0.4 is 10.2 Å². The minimum atomic E-state index is -0.215. The van der Waals surface area contributed by atoms with Crippen molar-refractivity contribution in [3.05, 3.63) is 35.5 Å². The Kier molecular flexibility index (Phi) is 4.41. The van der Waals surface area contributed by atoms with Crippen LogP contribution in [0.3, 0.4) is 0 Å². The van der Waals surface area contributed by atoms with Crippen LogP contribution in [0.5, 0.6) is 0 Å². The maximum Gasteiger partial charge on any atom is 0.308 e. The number of aromatic amines is 1. The van der Waals surface area contributed by atoms with Crippen molar-refractivity contribution in [3.63, 3.8) is 0 Å². The molecule has 3 aromatic heterocycles. The van der Waals surface area contributed by atoms with Gasteiger partial charge >= 0.3 is 5.97 Å². The van der Waals surface area contributed by atoms with Gasteiger partial charge in [-0.2, -0.15) is 5.10 Å². The molecule has 10 nitrogen and oxygen atoms in total. The van der Waals surface area contributed by atoms with Crippen molar-refractivity contribution in [3.8, 4) is 0 Å². The van der Waals surface area contributed by atoms with Gasteiger partial charge in [-0.15, -0.1) is 0 Å². The molecular weight excluding hydrogens is 386 g/mol. The molecule has 1 fully saturated rings. The van der Waals surface area contributed by atoms with Crippen LogP contribution in [0.15, 0.2) is 18.6 Å². The largest absolute Gasteiger partial charge is 0.469 e. The van der Waals surface area contributed by atoms with E-state index in [0.29, 0.717) is 25.1 Å². The van der Waals surface area contributed by atoms with Crippen molar-refractivity contribution >= 4 is 28.7 Å². The summed E-state index contributed by atoms with van der Waals surface area (Å²) in [5, 5.41) is 8.47. The van der Waals surface area contributed by atoms with Crippen molar-refractivity contribution in [1.82, 2.24) is 30.0 Å². The van der Waals surface area contributed by atoms with E-state index in [2.05, 4.69) is 30.3 Å². The number of methoxy groups -OCH3 is 1. The van der Waals surface area contributed by atoms with E-state index in [0.717, 1.165) is 41.1 Å². The number of fused-ring (bicyclic) bond motifs is 2. The molecule has 0 bridgehead atoms. The number of anilines is 1. The first-order valence-electron chi connectivity index (χ1n) is 10.0. The second kappa shape index (κ2) is 7.12. The number of hydrogen-bond donors (Lipinski definition) is 2. The number of carbonyl (C=O) groups is 2. The van der Waals surface area contributed by atoms with Gasteiger partial charge in [-0.05, 0) is 18.9 Å². The molecule has 0 unspecified atom stereocenters. The van der Waals surface area contributed by atoms with E-state index in [1.54, 1.807) is 11.0 Å². The smallest absolute Gasteiger partial charge is 0.308 e. The van der Waals surface area contributed by atoms with E-state index >= 15 is 0 Å². The van der Waals surface area contributed by atoms with Crippen molar-refractivity contribution in [2.45, 2.75) is 31.8 Å². The topological polar surface area (TPSA) is 118 Å². The van der Waals surface area contributed by atoms with Crippen LogP contribution in [-0.2, 0) is 29.5 Å². The van der Waals surface area contributed by atoms with Gasteiger partial charge < -0.3 is 19.9 Å². The Morgan fingerprint density at radius 1 is 1.30 bits per heavy atom. The molecule has 3 aromatic rings. The molecule has 2 N–H and O–H groups in total. The fourth-order valence-electron chi connectivity index (χ4n) is 4.41. The summed E-state index contributed by atoms with van der Waals surface area (Å²) in [6, 6.07) is 1.94. The van der Waals surface area contributed by atoms with Crippen LogP contribution in [0.2, 0.25) is 0 Å². The predicted octanol–water partition coefficient (Wildman–Crippen LogP) is 0.935. The second-order valence-electron chi connectivity index (χ2n) is 7.87. The molecular formula is C20H23N7O3. The summed E-state index contributed by atoms with van der Waals surface area (Å²) >= 11 is 0. The summed E-state index contributed by atoms with van der Waals surface area (Å²) in [4.78, 5) is 38.5. The number of aryl methyl sites for hydroxylation is 1. The molecule has 1 aliphatic carbocycles.